The number of hydrogen-bond acceptors (Lipinski definition) is 1. The van der Waals surface area contributed by atoms with Crippen molar-refractivity contribution >= 4 is 0 Å². The Labute approximate surface area is 116 Å². The van der Waals surface area contributed by atoms with Gasteiger partial charge in [-0.15, -0.1) is 0 Å². The van der Waals surface area contributed by atoms with Crippen LogP contribution in [0.25, 0.3) is 0 Å². The third kappa shape index (κ3) is 3.20. The SMILES string of the molecule is CC(N[C@H](C)c1ccc(F)cc1)c1c(F)cccc1F. The Morgan fingerprint density at radius 3 is 1.90 bits per heavy atom. The molecule has 0 fully saturated rings. The minimum absolute atomic E-state index is 0.0152. The van der Waals surface area contributed by atoms with Gasteiger partial charge in [-0.25, -0.2) is 13.2 Å². The zero-order chi connectivity index (χ0) is 14.7. The maximum atomic E-state index is 13.7. The Hall–Kier alpha value is -1.81. The zero-order valence-electron chi connectivity index (χ0n) is 11.3. The molecule has 106 valence electrons. The van der Waals surface area contributed by atoms with Gasteiger partial charge in [0.25, 0.3) is 0 Å². The molecular formula is C16H16F3N. The van der Waals surface area contributed by atoms with Gasteiger partial charge in [0, 0.05) is 17.6 Å². The largest absolute Gasteiger partial charge is 0.303 e. The lowest BCUT2D eigenvalue weighted by molar-refractivity contribution is 0.449. The van der Waals surface area contributed by atoms with Crippen molar-refractivity contribution in [3.8, 4) is 0 Å². The summed E-state index contributed by atoms with van der Waals surface area (Å²) in [6.45, 7) is 3.56. The molecule has 0 heterocycles. The molecule has 1 nitrogen and oxygen atoms in total. The molecule has 1 unspecified atom stereocenters. The fraction of sp³-hybridized carbons (Fsp3) is 0.250. The van der Waals surface area contributed by atoms with Gasteiger partial charge in [-0.3, -0.25) is 0 Å². The molecule has 0 saturated carbocycles. The van der Waals surface area contributed by atoms with Crippen LogP contribution >= 0.6 is 0 Å². The standard InChI is InChI=1S/C16H16F3N/c1-10(12-6-8-13(17)9-7-12)20-11(2)16-14(18)4-3-5-15(16)19/h3-11,20H,1-2H3/t10-,11?/m1/s1. The van der Waals surface area contributed by atoms with E-state index < -0.39 is 17.7 Å². The van der Waals surface area contributed by atoms with Crippen LogP contribution in [0, 0.1) is 17.5 Å². The average Bonchev–Trinajstić information content (AvgIpc) is 2.39. The smallest absolute Gasteiger partial charge is 0.130 e. The second kappa shape index (κ2) is 6.09. The molecule has 0 bridgehead atoms. The molecule has 0 saturated heterocycles. The summed E-state index contributed by atoms with van der Waals surface area (Å²) in [5.74, 6) is -1.46. The maximum absolute atomic E-state index is 13.7. The van der Waals surface area contributed by atoms with Crippen LogP contribution in [0.3, 0.4) is 0 Å². The van der Waals surface area contributed by atoms with E-state index in [1.807, 2.05) is 6.92 Å². The molecule has 2 aromatic carbocycles. The second-order valence-corrected chi connectivity index (χ2v) is 4.80. The van der Waals surface area contributed by atoms with Crippen molar-refractivity contribution in [2.24, 2.45) is 0 Å². The molecule has 0 spiro atoms. The summed E-state index contributed by atoms with van der Waals surface area (Å²) in [6.07, 6.45) is 0. The monoisotopic (exact) mass is 279 g/mol. The summed E-state index contributed by atoms with van der Waals surface area (Å²) in [5.41, 5.74) is 0.872. The molecule has 4 heteroatoms. The fourth-order valence-electron chi connectivity index (χ4n) is 2.23. The Bertz CT molecular complexity index is 561. The summed E-state index contributed by atoms with van der Waals surface area (Å²) in [4.78, 5) is 0. The molecule has 0 radical (unpaired) electrons. The van der Waals surface area contributed by atoms with Crippen molar-refractivity contribution in [2.75, 3.05) is 0 Å². The minimum Gasteiger partial charge on any atom is -0.303 e. The third-order valence-corrected chi connectivity index (χ3v) is 3.30. The van der Waals surface area contributed by atoms with E-state index in [9.17, 15) is 13.2 Å². The van der Waals surface area contributed by atoms with Crippen LogP contribution < -0.4 is 5.32 Å². The number of benzene rings is 2. The van der Waals surface area contributed by atoms with E-state index in [0.29, 0.717) is 0 Å². The lowest BCUT2D eigenvalue weighted by atomic mass is 10.0. The lowest BCUT2D eigenvalue weighted by Gasteiger charge is -2.21. The first-order chi connectivity index (χ1) is 9.49. The highest BCUT2D eigenvalue weighted by atomic mass is 19.1. The van der Waals surface area contributed by atoms with E-state index in [-0.39, 0.29) is 17.4 Å². The van der Waals surface area contributed by atoms with E-state index in [1.54, 1.807) is 19.1 Å². The molecule has 0 aliphatic heterocycles. The number of nitrogens with one attached hydrogen (secondary N) is 1. The number of rotatable bonds is 4. The van der Waals surface area contributed by atoms with Crippen molar-refractivity contribution in [3.05, 3.63) is 71.0 Å². The summed E-state index contributed by atoms with van der Waals surface area (Å²) in [6, 6.07) is 9.20. The topological polar surface area (TPSA) is 12.0 Å². The summed E-state index contributed by atoms with van der Waals surface area (Å²) in [7, 11) is 0. The summed E-state index contributed by atoms with van der Waals surface area (Å²) >= 11 is 0. The first-order valence-corrected chi connectivity index (χ1v) is 6.44. The Balaban J connectivity index is 2.15. The van der Waals surface area contributed by atoms with Crippen LogP contribution in [0.15, 0.2) is 42.5 Å². The highest BCUT2D eigenvalue weighted by Crippen LogP contribution is 2.23. The van der Waals surface area contributed by atoms with E-state index in [1.165, 1.54) is 30.3 Å². The average molecular weight is 279 g/mol. The number of hydrogen-bond donors (Lipinski definition) is 1. The van der Waals surface area contributed by atoms with Crippen molar-refractivity contribution in [3.63, 3.8) is 0 Å². The first-order valence-electron chi connectivity index (χ1n) is 6.44. The van der Waals surface area contributed by atoms with Gasteiger partial charge in [0.1, 0.15) is 17.5 Å². The lowest BCUT2D eigenvalue weighted by Crippen LogP contribution is -2.24. The van der Waals surface area contributed by atoms with Gasteiger partial charge in [-0.2, -0.15) is 0 Å². The van der Waals surface area contributed by atoms with Gasteiger partial charge in [-0.1, -0.05) is 18.2 Å². The van der Waals surface area contributed by atoms with Crippen molar-refractivity contribution in [1.29, 1.82) is 0 Å². The van der Waals surface area contributed by atoms with Gasteiger partial charge in [0.2, 0.25) is 0 Å². The van der Waals surface area contributed by atoms with Crippen molar-refractivity contribution in [2.45, 2.75) is 25.9 Å². The predicted molar refractivity (Wildman–Crippen MR) is 72.7 cm³/mol. The fourth-order valence-corrected chi connectivity index (χ4v) is 2.23. The molecule has 0 aliphatic carbocycles. The first kappa shape index (κ1) is 14.6. The molecule has 0 aliphatic rings. The van der Waals surface area contributed by atoms with Crippen LogP contribution in [-0.2, 0) is 0 Å². The maximum Gasteiger partial charge on any atom is 0.130 e. The Kier molecular flexibility index (Phi) is 4.45. The van der Waals surface area contributed by atoms with E-state index in [4.69, 9.17) is 0 Å². The molecule has 2 aromatic rings. The molecule has 1 N–H and O–H groups in total. The van der Waals surface area contributed by atoms with Gasteiger partial charge in [0.15, 0.2) is 0 Å². The molecule has 20 heavy (non-hydrogen) atoms. The van der Waals surface area contributed by atoms with E-state index >= 15 is 0 Å². The van der Waals surface area contributed by atoms with Crippen molar-refractivity contribution < 1.29 is 13.2 Å². The minimum atomic E-state index is -0.573. The normalized spacial score (nSPS) is 14.1. The molecule has 0 aromatic heterocycles. The Morgan fingerprint density at radius 1 is 0.800 bits per heavy atom. The molecule has 0 amide bonds. The van der Waals surface area contributed by atoms with E-state index in [2.05, 4.69) is 5.32 Å². The second-order valence-electron chi connectivity index (χ2n) is 4.80. The number of halogens is 3. The molecule has 2 rings (SSSR count). The quantitative estimate of drug-likeness (QED) is 0.868. The van der Waals surface area contributed by atoms with Gasteiger partial charge in [-0.05, 0) is 43.7 Å². The van der Waals surface area contributed by atoms with Crippen LogP contribution in [0.5, 0.6) is 0 Å². The Morgan fingerprint density at radius 2 is 1.35 bits per heavy atom. The van der Waals surface area contributed by atoms with Crippen LogP contribution in [0.1, 0.15) is 37.1 Å². The molecule has 2 atom stereocenters. The van der Waals surface area contributed by atoms with Gasteiger partial charge in [0.05, 0.1) is 0 Å². The van der Waals surface area contributed by atoms with Crippen LogP contribution in [0.4, 0.5) is 13.2 Å². The van der Waals surface area contributed by atoms with Crippen molar-refractivity contribution in [1.82, 2.24) is 5.32 Å². The predicted octanol–water partition coefficient (Wildman–Crippen LogP) is 4.52. The van der Waals surface area contributed by atoms with Crippen LogP contribution in [-0.4, -0.2) is 0 Å². The molecular weight excluding hydrogens is 263 g/mol. The third-order valence-electron chi connectivity index (χ3n) is 3.30. The highest BCUT2D eigenvalue weighted by Gasteiger charge is 2.18. The zero-order valence-corrected chi connectivity index (χ0v) is 11.3. The van der Waals surface area contributed by atoms with E-state index in [0.717, 1.165) is 5.56 Å². The van der Waals surface area contributed by atoms with Gasteiger partial charge < -0.3 is 5.32 Å². The highest BCUT2D eigenvalue weighted by molar-refractivity contribution is 5.24. The summed E-state index contributed by atoms with van der Waals surface area (Å²) in [5, 5.41) is 3.11. The van der Waals surface area contributed by atoms with Gasteiger partial charge >= 0.3 is 0 Å². The summed E-state index contributed by atoms with van der Waals surface area (Å²) < 4.78 is 40.2. The van der Waals surface area contributed by atoms with Crippen LogP contribution in [0.2, 0.25) is 0 Å².